The van der Waals surface area contributed by atoms with Crippen molar-refractivity contribution < 1.29 is 9.53 Å². The van der Waals surface area contributed by atoms with Gasteiger partial charge in [0.05, 0.1) is 30.6 Å². The molecule has 42 heavy (non-hydrogen) atoms. The van der Waals surface area contributed by atoms with Gasteiger partial charge in [0.2, 0.25) is 0 Å². The summed E-state index contributed by atoms with van der Waals surface area (Å²) in [6.45, 7) is 4.37. The molecule has 1 aliphatic heterocycles. The van der Waals surface area contributed by atoms with Gasteiger partial charge in [0.25, 0.3) is 5.91 Å². The lowest BCUT2D eigenvalue weighted by Gasteiger charge is -2.34. The molecule has 1 amide bonds. The van der Waals surface area contributed by atoms with Crippen LogP contribution in [0.15, 0.2) is 54.0 Å². The van der Waals surface area contributed by atoms with Crippen LogP contribution in [-0.4, -0.2) is 86.0 Å². The first-order chi connectivity index (χ1) is 20.3. The van der Waals surface area contributed by atoms with Crippen LogP contribution in [0.1, 0.15) is 17.4 Å². The van der Waals surface area contributed by atoms with Gasteiger partial charge in [0.15, 0.2) is 11.3 Å². The maximum atomic E-state index is 11.4. The largest absolute Gasteiger partial charge is 0.377 e. The van der Waals surface area contributed by atoms with E-state index in [1.54, 1.807) is 6.20 Å². The van der Waals surface area contributed by atoms with Crippen LogP contribution in [0, 0.1) is 0 Å². The third kappa shape index (κ3) is 4.72. The van der Waals surface area contributed by atoms with Crippen molar-refractivity contribution in [3.8, 4) is 22.6 Å². The van der Waals surface area contributed by atoms with Gasteiger partial charge < -0.3 is 15.4 Å². The van der Waals surface area contributed by atoms with Gasteiger partial charge in [-0.05, 0) is 31.2 Å². The Balaban J connectivity index is 0.000000189. The minimum atomic E-state index is -0.741. The first-order valence-electron chi connectivity index (χ1n) is 13.0. The smallest absolute Gasteiger partial charge is 0.352 e. The topological polar surface area (TPSA) is 193 Å². The Kier molecular flexibility index (Phi) is 6.87. The predicted molar refractivity (Wildman–Crippen MR) is 151 cm³/mol. The number of amides is 1. The minimum Gasteiger partial charge on any atom is -0.377 e. The summed E-state index contributed by atoms with van der Waals surface area (Å²) >= 11 is 0. The summed E-state index contributed by atoms with van der Waals surface area (Å²) in [5.74, 6) is 0.184. The molecule has 1 fully saturated rings. The number of nitrogens with one attached hydrogen (secondary N) is 1. The number of anilines is 1. The third-order valence-electron chi connectivity index (χ3n) is 6.96. The molecule has 0 spiro atoms. The van der Waals surface area contributed by atoms with E-state index in [1.165, 1.54) is 13.4 Å². The summed E-state index contributed by atoms with van der Waals surface area (Å²) < 4.78 is 9.63. The number of aromatic amines is 1. The van der Waals surface area contributed by atoms with E-state index in [2.05, 4.69) is 53.5 Å². The molecule has 1 atom stereocenters. The van der Waals surface area contributed by atoms with Gasteiger partial charge in [0.1, 0.15) is 23.4 Å². The van der Waals surface area contributed by atoms with Crippen molar-refractivity contribution >= 4 is 28.3 Å². The van der Waals surface area contributed by atoms with Gasteiger partial charge in [0, 0.05) is 50.2 Å². The second kappa shape index (κ2) is 10.8. The summed E-state index contributed by atoms with van der Waals surface area (Å²) in [7, 11) is 3.40. The normalized spacial score (nSPS) is 15.1. The van der Waals surface area contributed by atoms with Crippen molar-refractivity contribution in [2.75, 3.05) is 24.7 Å². The number of imidazole rings is 1. The Labute approximate surface area is 237 Å². The predicted octanol–water partition coefficient (Wildman–Crippen LogP) is 0.567. The number of pyridine rings is 2. The Morgan fingerprint density at radius 1 is 1.12 bits per heavy atom. The monoisotopic (exact) mass is 569 g/mol. The Hall–Kier alpha value is -5.51. The number of ether oxygens (including phenoxy) is 1. The van der Waals surface area contributed by atoms with Crippen molar-refractivity contribution in [2.45, 2.75) is 13.0 Å². The number of aromatic nitrogens is 11. The molecule has 7 heterocycles. The number of nitrogens with zero attached hydrogens (tertiary/aromatic N) is 11. The molecule has 1 saturated heterocycles. The number of primary amides is 1. The maximum Gasteiger partial charge on any atom is 0.352 e. The molecule has 6 aromatic rings. The lowest BCUT2D eigenvalue weighted by atomic mass is 10.0. The second-order valence-electron chi connectivity index (χ2n) is 9.66. The molecule has 1 unspecified atom stereocenters. The van der Waals surface area contributed by atoms with E-state index in [9.17, 15) is 9.59 Å². The Morgan fingerprint density at radius 3 is 2.69 bits per heavy atom. The SMILES string of the molecule is CC1COCCN1c1cc(-c2ccnn2C)c2ccnc(-c3ccn[nH]3)c2n1.Cn1nnc2c(C(N)=O)ncn2c1=O. The number of fused-ring (bicyclic) bond motifs is 2. The zero-order valence-corrected chi connectivity index (χ0v) is 23.0. The molecule has 1 aliphatic rings. The zero-order valence-electron chi connectivity index (χ0n) is 23.0. The first-order valence-corrected chi connectivity index (χ1v) is 13.0. The number of morpholine rings is 1. The molecule has 16 heteroatoms. The molecule has 0 radical (unpaired) electrons. The van der Waals surface area contributed by atoms with Gasteiger partial charge in [-0.3, -0.25) is 19.6 Å². The van der Waals surface area contributed by atoms with E-state index in [0.717, 1.165) is 55.0 Å². The molecule has 214 valence electrons. The molecule has 0 aliphatic carbocycles. The van der Waals surface area contributed by atoms with Crippen molar-refractivity contribution in [1.82, 2.24) is 54.3 Å². The number of nitrogens with two attached hydrogens (primary N) is 1. The fourth-order valence-corrected chi connectivity index (χ4v) is 4.84. The van der Waals surface area contributed by atoms with E-state index >= 15 is 0 Å². The molecule has 0 aromatic carbocycles. The van der Waals surface area contributed by atoms with Crippen LogP contribution in [-0.2, 0) is 18.8 Å². The highest BCUT2D eigenvalue weighted by atomic mass is 16.5. The zero-order chi connectivity index (χ0) is 29.4. The number of hydrogen-bond acceptors (Lipinski definition) is 11. The molecule has 16 nitrogen and oxygen atoms in total. The molecule has 0 saturated carbocycles. The van der Waals surface area contributed by atoms with Crippen LogP contribution < -0.4 is 16.3 Å². The quantitative estimate of drug-likeness (QED) is 0.301. The summed E-state index contributed by atoms with van der Waals surface area (Å²) in [4.78, 5) is 37.8. The van der Waals surface area contributed by atoms with E-state index in [0.29, 0.717) is 13.2 Å². The highest BCUT2D eigenvalue weighted by Gasteiger charge is 2.23. The number of hydrogen-bond donors (Lipinski definition) is 2. The van der Waals surface area contributed by atoms with Crippen molar-refractivity contribution in [1.29, 1.82) is 0 Å². The van der Waals surface area contributed by atoms with Crippen LogP contribution in [0.3, 0.4) is 0 Å². The lowest BCUT2D eigenvalue weighted by Crippen LogP contribution is -2.44. The first kappa shape index (κ1) is 26.7. The molecule has 0 bridgehead atoms. The molecular weight excluding hydrogens is 542 g/mol. The van der Waals surface area contributed by atoms with Gasteiger partial charge in [-0.25, -0.2) is 19.2 Å². The van der Waals surface area contributed by atoms with Crippen LogP contribution in [0.25, 0.3) is 39.2 Å². The minimum absolute atomic E-state index is 0.0600. The average molecular weight is 570 g/mol. The van der Waals surface area contributed by atoms with E-state index in [1.807, 2.05) is 42.3 Å². The van der Waals surface area contributed by atoms with Crippen LogP contribution >= 0.6 is 0 Å². The van der Waals surface area contributed by atoms with Crippen LogP contribution in [0.2, 0.25) is 0 Å². The van der Waals surface area contributed by atoms with Gasteiger partial charge in [-0.15, -0.1) is 5.10 Å². The Bertz CT molecular complexity index is 1960. The lowest BCUT2D eigenvalue weighted by molar-refractivity contribution is 0.0985. The molecule has 6 aromatic heterocycles. The summed E-state index contributed by atoms with van der Waals surface area (Å²) in [5.41, 5.74) is 9.21. The molecule has 7 rings (SSSR count). The number of rotatable bonds is 4. The number of carbonyl (C=O) groups is 1. The van der Waals surface area contributed by atoms with E-state index in [-0.39, 0.29) is 17.4 Å². The third-order valence-corrected chi connectivity index (χ3v) is 6.96. The van der Waals surface area contributed by atoms with Crippen LogP contribution in [0.4, 0.5) is 5.82 Å². The van der Waals surface area contributed by atoms with Crippen molar-refractivity contribution in [3.63, 3.8) is 0 Å². The van der Waals surface area contributed by atoms with Gasteiger partial charge >= 0.3 is 5.69 Å². The number of H-pyrrole nitrogens is 1. The van der Waals surface area contributed by atoms with Gasteiger partial charge in [-0.1, -0.05) is 5.21 Å². The van der Waals surface area contributed by atoms with E-state index in [4.69, 9.17) is 15.5 Å². The van der Waals surface area contributed by atoms with Crippen molar-refractivity contribution in [3.05, 3.63) is 65.4 Å². The average Bonchev–Trinajstić information content (AvgIpc) is 3.76. The Morgan fingerprint density at radius 2 is 1.98 bits per heavy atom. The second-order valence-corrected chi connectivity index (χ2v) is 9.66. The standard InChI is InChI=1S/C20H21N7O.C6H6N6O2/c1-13-12-28-10-9-27(13)18-11-15(17-5-8-23-26(17)2)14-3-6-21-20(19(14)24-18)16-4-7-22-25-16;1-11-6(14)12-2-8-3(4(7)13)5(12)9-10-11/h3-8,11,13H,9-10,12H2,1-2H3,(H,22,25);2H,1H3,(H2,7,13). The number of aryl methyl sites for hydroxylation is 2. The summed E-state index contributed by atoms with van der Waals surface area (Å²) in [6, 6.07) is 8.36. The van der Waals surface area contributed by atoms with Gasteiger partial charge in [-0.2, -0.15) is 14.9 Å². The highest BCUT2D eigenvalue weighted by molar-refractivity contribution is 6.01. The molecular formula is C26H27N13O3. The highest BCUT2D eigenvalue weighted by Crippen LogP contribution is 2.35. The number of carbonyl (C=O) groups excluding carboxylic acids is 1. The van der Waals surface area contributed by atoms with E-state index < -0.39 is 11.6 Å². The maximum absolute atomic E-state index is 11.4. The van der Waals surface area contributed by atoms with Crippen molar-refractivity contribution in [2.24, 2.45) is 19.8 Å². The van der Waals surface area contributed by atoms with Crippen LogP contribution in [0.5, 0.6) is 0 Å². The summed E-state index contributed by atoms with van der Waals surface area (Å²) in [6.07, 6.45) is 6.55. The summed E-state index contributed by atoms with van der Waals surface area (Å²) in [5, 5.41) is 19.6. The molecule has 3 N–H and O–H groups in total. The fraction of sp³-hybridized carbons (Fsp3) is 0.269. The fourth-order valence-electron chi connectivity index (χ4n) is 4.84.